The Bertz CT molecular complexity index is 742. The van der Waals surface area contributed by atoms with Crippen molar-refractivity contribution in [2.45, 2.75) is 6.92 Å². The van der Waals surface area contributed by atoms with Crippen LogP contribution in [0.15, 0.2) is 48.5 Å². The molecule has 112 valence electrons. The van der Waals surface area contributed by atoms with Crippen LogP contribution in [0, 0.1) is 10.1 Å². The molecule has 22 heavy (non-hydrogen) atoms. The summed E-state index contributed by atoms with van der Waals surface area (Å²) < 4.78 is 5.17. The molecule has 0 saturated carbocycles. The topological polar surface area (TPSA) is 98.5 Å². The molecule has 2 aromatic carbocycles. The van der Waals surface area contributed by atoms with Gasteiger partial charge in [0.15, 0.2) is 5.75 Å². The Morgan fingerprint density at radius 3 is 2.41 bits per heavy atom. The van der Waals surface area contributed by atoms with E-state index in [2.05, 4.69) is 5.32 Å². The fourth-order valence-corrected chi connectivity index (χ4v) is 1.81. The maximum absolute atomic E-state index is 12.1. The number of nitrogens with one attached hydrogen (secondary N) is 1. The van der Waals surface area contributed by atoms with E-state index in [4.69, 9.17) is 4.74 Å². The predicted octanol–water partition coefficient (Wildman–Crippen LogP) is 2.77. The van der Waals surface area contributed by atoms with Crippen LogP contribution in [0.25, 0.3) is 0 Å². The van der Waals surface area contributed by atoms with Crippen molar-refractivity contribution in [2.24, 2.45) is 0 Å². The van der Waals surface area contributed by atoms with Crippen molar-refractivity contribution in [1.82, 2.24) is 0 Å². The monoisotopic (exact) mass is 300 g/mol. The van der Waals surface area contributed by atoms with E-state index in [1.54, 1.807) is 18.2 Å². The fraction of sp³-hybridized carbons (Fsp3) is 0.0667. The molecule has 0 aliphatic carbocycles. The number of nitrogens with zero attached hydrogens (tertiary/aromatic N) is 1. The molecule has 7 heteroatoms. The first-order chi connectivity index (χ1) is 10.5. The van der Waals surface area contributed by atoms with Crippen molar-refractivity contribution < 1.29 is 19.2 Å². The Morgan fingerprint density at radius 1 is 1.09 bits per heavy atom. The lowest BCUT2D eigenvalue weighted by atomic mass is 10.2. The van der Waals surface area contributed by atoms with Crippen molar-refractivity contribution in [1.29, 1.82) is 0 Å². The third kappa shape index (κ3) is 3.45. The number of amides is 1. The lowest BCUT2D eigenvalue weighted by Gasteiger charge is -2.10. The molecule has 0 heterocycles. The summed E-state index contributed by atoms with van der Waals surface area (Å²) in [4.78, 5) is 33.5. The van der Waals surface area contributed by atoms with Gasteiger partial charge in [-0.05, 0) is 18.2 Å². The third-order valence-electron chi connectivity index (χ3n) is 2.72. The lowest BCUT2D eigenvalue weighted by Crippen LogP contribution is -2.13. The van der Waals surface area contributed by atoms with Gasteiger partial charge < -0.3 is 10.1 Å². The molecule has 0 fully saturated rings. The zero-order chi connectivity index (χ0) is 16.1. The second kappa shape index (κ2) is 6.49. The second-order valence-electron chi connectivity index (χ2n) is 4.34. The molecular weight excluding hydrogens is 288 g/mol. The van der Waals surface area contributed by atoms with Crippen LogP contribution in [-0.4, -0.2) is 16.8 Å². The summed E-state index contributed by atoms with van der Waals surface area (Å²) in [6, 6.07) is 11.8. The number of hydrogen-bond donors (Lipinski definition) is 1. The summed E-state index contributed by atoms with van der Waals surface area (Å²) in [5.74, 6) is -1.08. The highest BCUT2D eigenvalue weighted by Crippen LogP contribution is 2.26. The minimum Gasteiger partial charge on any atom is -0.421 e. The van der Waals surface area contributed by atoms with E-state index in [1.807, 2.05) is 0 Å². The Labute approximate surface area is 125 Å². The van der Waals surface area contributed by atoms with Gasteiger partial charge in [0.25, 0.3) is 5.69 Å². The fourth-order valence-electron chi connectivity index (χ4n) is 1.81. The zero-order valence-electron chi connectivity index (χ0n) is 11.6. The predicted molar refractivity (Wildman–Crippen MR) is 78.8 cm³/mol. The molecule has 0 atom stereocenters. The van der Waals surface area contributed by atoms with Crippen LogP contribution in [0.2, 0.25) is 0 Å². The number of rotatable bonds is 4. The van der Waals surface area contributed by atoms with Gasteiger partial charge in [-0.15, -0.1) is 0 Å². The summed E-state index contributed by atoms with van der Waals surface area (Å²) in [6.45, 7) is 1.32. The van der Waals surface area contributed by atoms with Gasteiger partial charge in [-0.2, -0.15) is 0 Å². The van der Waals surface area contributed by atoms with Gasteiger partial charge in [-0.3, -0.25) is 14.9 Å². The molecule has 7 nitrogen and oxygen atoms in total. The normalized spacial score (nSPS) is 9.86. The van der Waals surface area contributed by atoms with Crippen LogP contribution in [0.5, 0.6) is 5.75 Å². The quantitative estimate of drug-likeness (QED) is 0.405. The number of ether oxygens (including phenoxy) is 1. The smallest absolute Gasteiger partial charge is 0.350 e. The largest absolute Gasteiger partial charge is 0.421 e. The summed E-state index contributed by atoms with van der Waals surface area (Å²) in [6.07, 6.45) is 0. The van der Waals surface area contributed by atoms with Gasteiger partial charge in [0, 0.05) is 13.0 Å². The summed E-state index contributed by atoms with van der Waals surface area (Å²) in [5.41, 5.74) is -0.198. The van der Waals surface area contributed by atoms with Crippen molar-refractivity contribution in [3.8, 4) is 5.75 Å². The Morgan fingerprint density at radius 2 is 1.73 bits per heavy atom. The Kier molecular flexibility index (Phi) is 4.47. The van der Waals surface area contributed by atoms with Crippen LogP contribution in [0.4, 0.5) is 11.4 Å². The summed E-state index contributed by atoms with van der Waals surface area (Å²) >= 11 is 0. The average molecular weight is 300 g/mol. The molecule has 2 aromatic rings. The van der Waals surface area contributed by atoms with Crippen LogP contribution >= 0.6 is 0 Å². The SMILES string of the molecule is CC(=O)Nc1ccccc1OC(=O)c1ccccc1[N+](=O)[O-]. The molecule has 0 spiro atoms. The number of esters is 1. The van der Waals surface area contributed by atoms with E-state index in [0.717, 1.165) is 0 Å². The van der Waals surface area contributed by atoms with Gasteiger partial charge in [0.05, 0.1) is 10.6 Å². The Balaban J connectivity index is 2.30. The lowest BCUT2D eigenvalue weighted by molar-refractivity contribution is -0.385. The molecule has 0 aliphatic heterocycles. The highest BCUT2D eigenvalue weighted by molar-refractivity contribution is 5.97. The molecule has 0 unspecified atom stereocenters. The first kappa shape index (κ1) is 15.2. The third-order valence-corrected chi connectivity index (χ3v) is 2.72. The number of hydrogen-bond acceptors (Lipinski definition) is 5. The van der Waals surface area contributed by atoms with Crippen molar-refractivity contribution in [2.75, 3.05) is 5.32 Å². The van der Waals surface area contributed by atoms with Crippen molar-refractivity contribution in [3.63, 3.8) is 0 Å². The molecule has 0 bridgehead atoms. The standard InChI is InChI=1S/C15H12N2O5/c1-10(18)16-12-7-3-5-9-14(12)22-15(19)11-6-2-4-8-13(11)17(20)21/h2-9H,1H3,(H,16,18). The average Bonchev–Trinajstić information content (AvgIpc) is 2.48. The maximum atomic E-state index is 12.1. The van der Waals surface area contributed by atoms with Crippen LogP contribution in [0.1, 0.15) is 17.3 Å². The van der Waals surface area contributed by atoms with Crippen LogP contribution < -0.4 is 10.1 Å². The van der Waals surface area contributed by atoms with E-state index in [-0.39, 0.29) is 22.9 Å². The van der Waals surface area contributed by atoms with Crippen LogP contribution in [0.3, 0.4) is 0 Å². The van der Waals surface area contributed by atoms with E-state index in [0.29, 0.717) is 5.69 Å². The highest BCUT2D eigenvalue weighted by atomic mass is 16.6. The van der Waals surface area contributed by atoms with Crippen molar-refractivity contribution >= 4 is 23.3 Å². The van der Waals surface area contributed by atoms with Gasteiger partial charge in [0.2, 0.25) is 5.91 Å². The summed E-state index contributed by atoms with van der Waals surface area (Å²) in [7, 11) is 0. The van der Waals surface area contributed by atoms with Gasteiger partial charge in [-0.1, -0.05) is 24.3 Å². The summed E-state index contributed by atoms with van der Waals surface area (Å²) in [5, 5.41) is 13.4. The number of anilines is 1. The number of nitro groups is 1. The van der Waals surface area contributed by atoms with Gasteiger partial charge in [0.1, 0.15) is 5.56 Å². The maximum Gasteiger partial charge on any atom is 0.350 e. The Hall–Kier alpha value is -3.22. The molecule has 1 N–H and O–H groups in total. The number of para-hydroxylation sites is 3. The minimum absolute atomic E-state index is 0.112. The zero-order valence-corrected chi connectivity index (χ0v) is 11.6. The van der Waals surface area contributed by atoms with Gasteiger partial charge in [-0.25, -0.2) is 4.79 Å². The molecule has 0 aliphatic rings. The molecule has 2 rings (SSSR count). The van der Waals surface area contributed by atoms with E-state index < -0.39 is 10.9 Å². The molecule has 1 amide bonds. The number of carbonyl (C=O) groups excluding carboxylic acids is 2. The van der Waals surface area contributed by atoms with E-state index in [1.165, 1.54) is 37.3 Å². The number of carbonyl (C=O) groups is 2. The second-order valence-corrected chi connectivity index (χ2v) is 4.34. The van der Waals surface area contributed by atoms with Crippen molar-refractivity contribution in [3.05, 3.63) is 64.2 Å². The molecule has 0 saturated heterocycles. The molecule has 0 aromatic heterocycles. The van der Waals surface area contributed by atoms with Crippen LogP contribution in [-0.2, 0) is 4.79 Å². The van der Waals surface area contributed by atoms with E-state index >= 15 is 0 Å². The minimum atomic E-state index is -0.870. The first-order valence-electron chi connectivity index (χ1n) is 6.31. The number of nitro benzene ring substituents is 1. The molecule has 0 radical (unpaired) electrons. The van der Waals surface area contributed by atoms with Gasteiger partial charge >= 0.3 is 5.97 Å². The molecular formula is C15H12N2O5. The number of benzene rings is 2. The van der Waals surface area contributed by atoms with E-state index in [9.17, 15) is 19.7 Å². The highest BCUT2D eigenvalue weighted by Gasteiger charge is 2.21. The first-order valence-corrected chi connectivity index (χ1v) is 6.31.